The largest absolute Gasteiger partial charge is 0.508 e. The van der Waals surface area contributed by atoms with Gasteiger partial charge in [0.05, 0.1) is 6.10 Å². The molecule has 1 aromatic rings. The Morgan fingerprint density at radius 1 is 1.05 bits per heavy atom. The Labute approximate surface area is 118 Å². The number of aromatic hydroxyl groups is 1. The van der Waals surface area contributed by atoms with Crippen molar-refractivity contribution >= 4 is 0 Å². The first kappa shape index (κ1) is 12.6. The SMILES string of the molecule is Oc1ccc2c(c1)CCC1C3CC[C@H](O)C3C[C@H](F)C21. The van der Waals surface area contributed by atoms with E-state index in [0.29, 0.717) is 18.3 Å². The number of benzene rings is 1. The van der Waals surface area contributed by atoms with Crippen molar-refractivity contribution in [2.45, 2.75) is 50.3 Å². The van der Waals surface area contributed by atoms with E-state index < -0.39 is 6.17 Å². The number of aliphatic hydroxyl groups excluding tert-OH is 1. The zero-order valence-electron chi connectivity index (χ0n) is 11.5. The van der Waals surface area contributed by atoms with E-state index in [1.165, 1.54) is 0 Å². The van der Waals surface area contributed by atoms with Crippen molar-refractivity contribution in [3.05, 3.63) is 29.3 Å². The fourth-order valence-electron chi connectivity index (χ4n) is 5.16. The van der Waals surface area contributed by atoms with Gasteiger partial charge < -0.3 is 10.2 Å². The van der Waals surface area contributed by atoms with Crippen molar-refractivity contribution in [2.24, 2.45) is 17.8 Å². The number of alkyl halides is 1. The molecule has 0 amide bonds. The van der Waals surface area contributed by atoms with Crippen molar-refractivity contribution in [3.63, 3.8) is 0 Å². The zero-order chi connectivity index (χ0) is 13.9. The van der Waals surface area contributed by atoms with Gasteiger partial charge in [-0.05, 0) is 73.1 Å². The smallest absolute Gasteiger partial charge is 0.115 e. The number of phenols is 1. The third-order valence-electron chi connectivity index (χ3n) is 5.97. The molecule has 2 fully saturated rings. The predicted molar refractivity (Wildman–Crippen MR) is 74.4 cm³/mol. The van der Waals surface area contributed by atoms with Crippen LogP contribution in [0.4, 0.5) is 4.39 Å². The highest BCUT2D eigenvalue weighted by Gasteiger charge is 2.51. The Morgan fingerprint density at radius 3 is 2.75 bits per heavy atom. The average Bonchev–Trinajstić information content (AvgIpc) is 2.80. The molecule has 108 valence electrons. The summed E-state index contributed by atoms with van der Waals surface area (Å²) < 4.78 is 14.7. The molecule has 0 aliphatic heterocycles. The van der Waals surface area contributed by atoms with Crippen LogP contribution in [-0.4, -0.2) is 22.5 Å². The molecular weight excluding hydrogens is 255 g/mol. The molecule has 4 unspecified atom stereocenters. The van der Waals surface area contributed by atoms with Crippen molar-refractivity contribution in [3.8, 4) is 5.75 Å². The Morgan fingerprint density at radius 2 is 1.90 bits per heavy atom. The van der Waals surface area contributed by atoms with Crippen LogP contribution >= 0.6 is 0 Å². The number of aliphatic hydroxyl groups is 1. The number of halogens is 1. The van der Waals surface area contributed by atoms with E-state index in [-0.39, 0.29) is 23.7 Å². The molecule has 2 N–H and O–H groups in total. The second-order valence-electron chi connectivity index (χ2n) is 6.84. The van der Waals surface area contributed by atoms with Crippen LogP contribution in [0.1, 0.15) is 42.7 Å². The van der Waals surface area contributed by atoms with E-state index in [1.54, 1.807) is 12.1 Å². The first-order chi connectivity index (χ1) is 9.65. The zero-order valence-corrected chi connectivity index (χ0v) is 11.5. The van der Waals surface area contributed by atoms with Crippen LogP contribution in [0.5, 0.6) is 5.75 Å². The Kier molecular flexibility index (Phi) is 2.81. The first-order valence-electron chi connectivity index (χ1n) is 7.79. The third kappa shape index (κ3) is 1.72. The lowest BCUT2D eigenvalue weighted by Crippen LogP contribution is -2.42. The van der Waals surface area contributed by atoms with Gasteiger partial charge in [-0.15, -0.1) is 0 Å². The number of hydrogen-bond donors (Lipinski definition) is 2. The molecule has 0 heterocycles. The van der Waals surface area contributed by atoms with Gasteiger partial charge in [0.25, 0.3) is 0 Å². The maximum absolute atomic E-state index is 14.7. The molecule has 0 bridgehead atoms. The van der Waals surface area contributed by atoms with E-state index in [4.69, 9.17) is 0 Å². The molecule has 2 nitrogen and oxygen atoms in total. The van der Waals surface area contributed by atoms with Gasteiger partial charge in [-0.1, -0.05) is 6.07 Å². The molecule has 1 aromatic carbocycles. The summed E-state index contributed by atoms with van der Waals surface area (Å²) >= 11 is 0. The fraction of sp³-hybridized carbons (Fsp3) is 0.647. The summed E-state index contributed by atoms with van der Waals surface area (Å²) in [5.74, 6) is 1.29. The summed E-state index contributed by atoms with van der Waals surface area (Å²) in [7, 11) is 0. The summed E-state index contributed by atoms with van der Waals surface area (Å²) in [6.07, 6.45) is 3.18. The van der Waals surface area contributed by atoms with Crippen molar-refractivity contribution in [2.75, 3.05) is 0 Å². The van der Waals surface area contributed by atoms with E-state index in [2.05, 4.69) is 0 Å². The minimum absolute atomic E-state index is 0.0223. The highest BCUT2D eigenvalue weighted by Crippen LogP contribution is 2.56. The molecule has 2 saturated carbocycles. The predicted octanol–water partition coefficient (Wildman–Crippen LogP) is 3.17. The lowest BCUT2D eigenvalue weighted by atomic mass is 9.60. The van der Waals surface area contributed by atoms with Gasteiger partial charge >= 0.3 is 0 Å². The number of phenolic OH excluding ortho intramolecular Hbond substituents is 1. The van der Waals surface area contributed by atoms with E-state index in [0.717, 1.165) is 36.8 Å². The molecule has 3 aliphatic rings. The van der Waals surface area contributed by atoms with Crippen LogP contribution in [0.15, 0.2) is 18.2 Å². The van der Waals surface area contributed by atoms with Gasteiger partial charge in [0.1, 0.15) is 11.9 Å². The van der Waals surface area contributed by atoms with Crippen molar-refractivity contribution < 1.29 is 14.6 Å². The third-order valence-corrected chi connectivity index (χ3v) is 5.97. The van der Waals surface area contributed by atoms with E-state index >= 15 is 0 Å². The highest BCUT2D eigenvalue weighted by molar-refractivity contribution is 5.40. The van der Waals surface area contributed by atoms with Gasteiger partial charge in [0.2, 0.25) is 0 Å². The topological polar surface area (TPSA) is 40.5 Å². The highest BCUT2D eigenvalue weighted by atomic mass is 19.1. The van der Waals surface area contributed by atoms with Crippen LogP contribution in [-0.2, 0) is 6.42 Å². The maximum Gasteiger partial charge on any atom is 0.115 e. The lowest BCUT2D eigenvalue weighted by molar-refractivity contribution is 0.0123. The minimum Gasteiger partial charge on any atom is -0.508 e. The Balaban J connectivity index is 1.73. The Hall–Kier alpha value is -1.09. The quantitative estimate of drug-likeness (QED) is 0.764. The molecule has 3 heteroatoms. The summed E-state index contributed by atoms with van der Waals surface area (Å²) in [6, 6.07) is 5.40. The molecule has 0 aromatic heterocycles. The molecule has 4 rings (SSSR count). The Bertz CT molecular complexity index is 530. The van der Waals surface area contributed by atoms with Crippen LogP contribution in [0.3, 0.4) is 0 Å². The van der Waals surface area contributed by atoms with Crippen molar-refractivity contribution in [1.82, 2.24) is 0 Å². The van der Waals surface area contributed by atoms with Gasteiger partial charge in [0, 0.05) is 5.92 Å². The summed E-state index contributed by atoms with van der Waals surface area (Å²) in [5, 5.41) is 19.7. The monoisotopic (exact) mass is 276 g/mol. The van der Waals surface area contributed by atoms with Gasteiger partial charge in [-0.2, -0.15) is 0 Å². The number of hydrogen-bond acceptors (Lipinski definition) is 2. The standard InChI is InChI=1S/C17H21FO2/c18-15-8-14-12(5-6-16(14)20)13-3-1-9-7-10(19)2-4-11(9)17(13)15/h2,4,7,12-17,19-20H,1,3,5-6,8H2/t12?,13?,14?,15-,16-,17?/m0/s1. The number of fused-ring (bicyclic) bond motifs is 5. The number of aryl methyl sites for hydroxylation is 1. The molecule has 6 atom stereocenters. The van der Waals surface area contributed by atoms with Crippen LogP contribution in [0.2, 0.25) is 0 Å². The first-order valence-corrected chi connectivity index (χ1v) is 7.79. The molecule has 0 radical (unpaired) electrons. The van der Waals surface area contributed by atoms with Crippen LogP contribution in [0, 0.1) is 17.8 Å². The average molecular weight is 276 g/mol. The van der Waals surface area contributed by atoms with Crippen LogP contribution in [0.25, 0.3) is 0 Å². The normalized spacial score (nSPS) is 42.7. The summed E-state index contributed by atoms with van der Waals surface area (Å²) in [4.78, 5) is 0. The molecular formula is C17H21FO2. The second kappa shape index (κ2) is 4.45. The van der Waals surface area contributed by atoms with E-state index in [9.17, 15) is 14.6 Å². The summed E-state index contributed by atoms with van der Waals surface area (Å²) in [6.45, 7) is 0. The maximum atomic E-state index is 14.7. The van der Waals surface area contributed by atoms with Gasteiger partial charge in [0.15, 0.2) is 0 Å². The molecule has 3 aliphatic carbocycles. The minimum atomic E-state index is -0.849. The summed E-state index contributed by atoms with van der Waals surface area (Å²) in [5.41, 5.74) is 2.22. The van der Waals surface area contributed by atoms with Crippen LogP contribution < -0.4 is 0 Å². The van der Waals surface area contributed by atoms with Gasteiger partial charge in [-0.3, -0.25) is 0 Å². The lowest BCUT2D eigenvalue weighted by Gasteiger charge is -2.46. The molecule has 20 heavy (non-hydrogen) atoms. The van der Waals surface area contributed by atoms with Gasteiger partial charge in [-0.25, -0.2) is 4.39 Å². The molecule has 0 spiro atoms. The van der Waals surface area contributed by atoms with E-state index in [1.807, 2.05) is 6.07 Å². The second-order valence-corrected chi connectivity index (χ2v) is 6.84. The fourth-order valence-corrected chi connectivity index (χ4v) is 5.16. The number of rotatable bonds is 0. The van der Waals surface area contributed by atoms with Crippen molar-refractivity contribution in [1.29, 1.82) is 0 Å². The molecule has 0 saturated heterocycles.